The average molecular weight is 344 g/mol. The third-order valence-corrected chi connectivity index (χ3v) is 4.40. The van der Waals surface area contributed by atoms with Gasteiger partial charge in [-0.1, -0.05) is 0 Å². The monoisotopic (exact) mass is 344 g/mol. The highest BCUT2D eigenvalue weighted by Gasteiger charge is 2.27. The molecule has 0 amide bonds. The Bertz CT molecular complexity index is 764. The zero-order valence-electron chi connectivity index (χ0n) is 13.7. The van der Waals surface area contributed by atoms with Gasteiger partial charge in [-0.3, -0.25) is 4.98 Å². The normalized spacial score (nSPS) is 14.0. The average Bonchev–Trinajstić information content (AvgIpc) is 2.97. The maximum absolute atomic E-state index is 12.5. The van der Waals surface area contributed by atoms with Crippen molar-refractivity contribution in [3.63, 3.8) is 0 Å². The number of hydrogen-bond acceptors (Lipinski definition) is 5. The van der Waals surface area contributed by atoms with Crippen LogP contribution in [-0.4, -0.2) is 27.9 Å². The van der Waals surface area contributed by atoms with E-state index in [1.807, 2.05) is 13.8 Å². The number of amidine groups is 1. The maximum atomic E-state index is 12.5. The highest BCUT2D eigenvalue weighted by Crippen LogP contribution is 2.35. The van der Waals surface area contributed by atoms with Gasteiger partial charge in [0, 0.05) is 29.5 Å². The fraction of sp³-hybridized carbons (Fsp3) is 0.294. The number of rotatable bonds is 5. The molecule has 3 rings (SSSR count). The third-order valence-electron chi connectivity index (χ3n) is 3.26. The fourth-order valence-electron chi connectivity index (χ4n) is 2.23. The summed E-state index contributed by atoms with van der Waals surface area (Å²) in [5.41, 5.74) is 2.05. The Balaban J connectivity index is 1.69. The molecule has 125 valence electrons. The summed E-state index contributed by atoms with van der Waals surface area (Å²) >= 11 is -1.38. The number of aromatic nitrogens is 1. The Hall–Kier alpha value is -2.25. The molecule has 2 heterocycles. The van der Waals surface area contributed by atoms with Gasteiger partial charge in [-0.2, -0.15) is 10.3 Å². The van der Waals surface area contributed by atoms with E-state index in [4.69, 9.17) is 9.47 Å². The summed E-state index contributed by atoms with van der Waals surface area (Å²) in [6.45, 7) is 3.91. The van der Waals surface area contributed by atoms with Gasteiger partial charge in [0.2, 0.25) is 0 Å². The highest BCUT2D eigenvalue weighted by atomic mass is 32.2. The van der Waals surface area contributed by atoms with Crippen molar-refractivity contribution >= 4 is 27.7 Å². The van der Waals surface area contributed by atoms with Crippen molar-refractivity contribution in [3.05, 3.63) is 42.2 Å². The topological polar surface area (TPSA) is 80.9 Å². The minimum absolute atomic E-state index is 0.0736. The SMILES string of the molecule is COc1ccc2c(c1)[N]C([S+]([O-])Cc1cc(OC(C)C)ccn1)=N2. The van der Waals surface area contributed by atoms with E-state index in [0.29, 0.717) is 33.7 Å². The summed E-state index contributed by atoms with van der Waals surface area (Å²) in [5, 5.41) is 4.64. The Kier molecular flexibility index (Phi) is 4.92. The van der Waals surface area contributed by atoms with Gasteiger partial charge in [0.15, 0.2) is 5.75 Å². The Morgan fingerprint density at radius 1 is 1.12 bits per heavy atom. The largest absolute Gasteiger partial charge is 0.609 e. The number of methoxy groups -OCH3 is 1. The second-order valence-corrected chi connectivity index (χ2v) is 6.85. The van der Waals surface area contributed by atoms with Crippen molar-refractivity contribution in [1.82, 2.24) is 10.3 Å². The van der Waals surface area contributed by atoms with Crippen LogP contribution in [0.25, 0.3) is 0 Å². The molecule has 1 radical (unpaired) electrons. The molecule has 0 spiro atoms. The predicted octanol–water partition coefficient (Wildman–Crippen LogP) is 3.06. The summed E-state index contributed by atoms with van der Waals surface area (Å²) < 4.78 is 23.3. The van der Waals surface area contributed by atoms with Gasteiger partial charge in [-0.15, -0.1) is 0 Å². The molecule has 1 aromatic heterocycles. The fourth-order valence-corrected chi connectivity index (χ4v) is 3.18. The third kappa shape index (κ3) is 3.80. The van der Waals surface area contributed by atoms with Crippen LogP contribution in [0.15, 0.2) is 41.5 Å². The summed E-state index contributed by atoms with van der Waals surface area (Å²) in [7, 11) is 1.59. The van der Waals surface area contributed by atoms with E-state index in [2.05, 4.69) is 15.3 Å². The number of aliphatic imine (C=N–C) groups is 1. The van der Waals surface area contributed by atoms with Crippen LogP contribution >= 0.6 is 0 Å². The minimum atomic E-state index is -1.38. The lowest BCUT2D eigenvalue weighted by molar-refractivity contribution is 0.242. The van der Waals surface area contributed by atoms with E-state index in [9.17, 15) is 4.55 Å². The van der Waals surface area contributed by atoms with Crippen molar-refractivity contribution in [3.8, 4) is 11.5 Å². The maximum Gasteiger partial charge on any atom is 0.344 e. The van der Waals surface area contributed by atoms with Crippen LogP contribution in [0.3, 0.4) is 0 Å². The molecule has 0 N–H and O–H groups in total. The molecule has 0 fully saturated rings. The second-order valence-electron chi connectivity index (χ2n) is 5.50. The molecule has 0 saturated heterocycles. The molecule has 1 unspecified atom stereocenters. The predicted molar refractivity (Wildman–Crippen MR) is 93.7 cm³/mol. The summed E-state index contributed by atoms with van der Waals surface area (Å²) in [5.74, 6) is 1.65. The summed E-state index contributed by atoms with van der Waals surface area (Å²) in [6, 6.07) is 8.96. The van der Waals surface area contributed by atoms with E-state index < -0.39 is 11.2 Å². The van der Waals surface area contributed by atoms with Crippen LogP contribution in [0.5, 0.6) is 11.5 Å². The number of benzene rings is 1. The first-order valence-electron chi connectivity index (χ1n) is 7.53. The van der Waals surface area contributed by atoms with Gasteiger partial charge in [-0.25, -0.2) is 0 Å². The standard InChI is InChI=1S/C17H18N3O3S/c1-11(2)23-14-6-7-18-12(8-14)10-24(21)17-19-15-5-4-13(22-3)9-16(15)20-17/h4-9,11H,10H2,1-3H3. The second kappa shape index (κ2) is 7.11. The molecule has 2 aromatic rings. The molecule has 0 aliphatic carbocycles. The van der Waals surface area contributed by atoms with Crippen molar-refractivity contribution in [2.75, 3.05) is 7.11 Å². The summed E-state index contributed by atoms with van der Waals surface area (Å²) in [6.07, 6.45) is 1.72. The van der Waals surface area contributed by atoms with Crippen LogP contribution in [0.2, 0.25) is 0 Å². The number of ether oxygens (including phenoxy) is 2. The first-order chi connectivity index (χ1) is 11.5. The molecular weight excluding hydrogens is 326 g/mol. The quantitative estimate of drug-likeness (QED) is 0.781. The Labute approximate surface area is 144 Å². The van der Waals surface area contributed by atoms with Crippen molar-refractivity contribution < 1.29 is 14.0 Å². The zero-order chi connectivity index (χ0) is 17.1. The van der Waals surface area contributed by atoms with E-state index in [-0.39, 0.29) is 11.9 Å². The van der Waals surface area contributed by atoms with Crippen LogP contribution in [0.1, 0.15) is 19.5 Å². The van der Waals surface area contributed by atoms with Crippen molar-refractivity contribution in [2.24, 2.45) is 4.99 Å². The molecule has 1 aromatic carbocycles. The molecule has 0 saturated carbocycles. The van der Waals surface area contributed by atoms with Gasteiger partial charge in [-0.05, 0) is 32.0 Å². The molecule has 24 heavy (non-hydrogen) atoms. The number of hydrogen-bond donors (Lipinski definition) is 0. The smallest absolute Gasteiger partial charge is 0.344 e. The van der Waals surface area contributed by atoms with Crippen molar-refractivity contribution in [2.45, 2.75) is 25.7 Å². The van der Waals surface area contributed by atoms with E-state index >= 15 is 0 Å². The van der Waals surface area contributed by atoms with Gasteiger partial charge in [0.05, 0.1) is 30.3 Å². The lowest BCUT2D eigenvalue weighted by Gasteiger charge is -2.11. The number of fused-ring (bicyclic) bond motifs is 1. The summed E-state index contributed by atoms with van der Waals surface area (Å²) in [4.78, 5) is 8.57. The molecule has 1 aliphatic heterocycles. The van der Waals surface area contributed by atoms with Crippen LogP contribution in [0.4, 0.5) is 11.4 Å². The van der Waals surface area contributed by atoms with Crippen LogP contribution in [-0.2, 0) is 16.9 Å². The van der Waals surface area contributed by atoms with Gasteiger partial charge < -0.3 is 14.0 Å². The van der Waals surface area contributed by atoms with E-state index in [0.717, 1.165) is 0 Å². The van der Waals surface area contributed by atoms with Gasteiger partial charge in [0.1, 0.15) is 11.5 Å². The molecule has 6 nitrogen and oxygen atoms in total. The van der Waals surface area contributed by atoms with Crippen molar-refractivity contribution in [1.29, 1.82) is 0 Å². The molecule has 0 bridgehead atoms. The lowest BCUT2D eigenvalue weighted by Crippen LogP contribution is -2.22. The van der Waals surface area contributed by atoms with E-state index in [1.54, 1.807) is 43.6 Å². The number of nitrogens with zero attached hydrogens (tertiary/aromatic N) is 3. The minimum Gasteiger partial charge on any atom is -0.609 e. The zero-order valence-corrected chi connectivity index (χ0v) is 14.5. The number of pyridine rings is 1. The lowest BCUT2D eigenvalue weighted by atomic mass is 10.2. The van der Waals surface area contributed by atoms with E-state index in [1.165, 1.54) is 0 Å². The molecule has 7 heteroatoms. The van der Waals surface area contributed by atoms with Crippen LogP contribution in [0, 0.1) is 0 Å². The molecule has 1 atom stereocenters. The first-order valence-corrected chi connectivity index (χ1v) is 8.85. The Morgan fingerprint density at radius 2 is 1.96 bits per heavy atom. The highest BCUT2D eigenvalue weighted by molar-refractivity contribution is 8.05. The first kappa shape index (κ1) is 16.6. The molecular formula is C17H18N3O3S. The Morgan fingerprint density at radius 3 is 2.71 bits per heavy atom. The molecule has 1 aliphatic rings. The van der Waals surface area contributed by atoms with Gasteiger partial charge in [0.25, 0.3) is 0 Å². The van der Waals surface area contributed by atoms with Gasteiger partial charge >= 0.3 is 5.17 Å². The van der Waals surface area contributed by atoms with Crippen LogP contribution < -0.4 is 14.8 Å².